The minimum absolute atomic E-state index is 0.0145. The van der Waals surface area contributed by atoms with E-state index >= 15 is 0 Å². The summed E-state index contributed by atoms with van der Waals surface area (Å²) < 4.78 is 14.9. The minimum Gasteiger partial charge on any atom is -0.336 e. The number of carbonyl (C=O) groups excluding carboxylic acids is 1. The molecule has 0 atom stereocenters. The Morgan fingerprint density at radius 1 is 0.903 bits per heavy atom. The van der Waals surface area contributed by atoms with Crippen molar-refractivity contribution in [2.45, 2.75) is 0 Å². The standard InChI is InChI=1S/C22H19FN6OS/c23-17-8-6-16(7-9-17)19-10-11-20(31-19)21(30)27-12-14-28(15-13-27)22-24-25-26-29(22)18-4-2-1-3-5-18/h1-11H,12-15H2. The highest BCUT2D eigenvalue weighted by molar-refractivity contribution is 7.17. The molecule has 2 aromatic heterocycles. The minimum atomic E-state index is -0.271. The summed E-state index contributed by atoms with van der Waals surface area (Å²) in [4.78, 5) is 18.6. The van der Waals surface area contributed by atoms with Crippen LogP contribution in [0.2, 0.25) is 0 Å². The zero-order valence-electron chi connectivity index (χ0n) is 16.6. The third kappa shape index (κ3) is 3.91. The van der Waals surface area contributed by atoms with E-state index in [0.29, 0.717) is 37.0 Å². The van der Waals surface area contributed by atoms with Crippen molar-refractivity contribution in [3.8, 4) is 16.1 Å². The molecule has 1 fully saturated rings. The summed E-state index contributed by atoms with van der Waals surface area (Å²) in [5.41, 5.74) is 1.80. The molecular weight excluding hydrogens is 415 g/mol. The molecule has 9 heteroatoms. The fraction of sp³-hybridized carbons (Fsp3) is 0.182. The van der Waals surface area contributed by atoms with Gasteiger partial charge in [-0.2, -0.15) is 4.68 Å². The second-order valence-corrected chi connectivity index (χ2v) is 8.26. The number of hydrogen-bond acceptors (Lipinski definition) is 6. The van der Waals surface area contributed by atoms with Crippen LogP contribution in [0.1, 0.15) is 9.67 Å². The molecule has 0 unspecified atom stereocenters. The quantitative estimate of drug-likeness (QED) is 0.492. The van der Waals surface area contributed by atoms with E-state index in [-0.39, 0.29) is 11.7 Å². The molecule has 1 aliphatic heterocycles. The summed E-state index contributed by atoms with van der Waals surface area (Å²) in [6.07, 6.45) is 0. The number of thiophene rings is 1. The number of aromatic nitrogens is 4. The van der Waals surface area contributed by atoms with Gasteiger partial charge >= 0.3 is 0 Å². The van der Waals surface area contributed by atoms with Gasteiger partial charge in [0.15, 0.2) is 0 Å². The Labute approximate surface area is 182 Å². The maximum atomic E-state index is 13.2. The fourth-order valence-corrected chi connectivity index (χ4v) is 4.58. The van der Waals surface area contributed by atoms with Crippen LogP contribution in [0.25, 0.3) is 16.1 Å². The zero-order valence-corrected chi connectivity index (χ0v) is 17.4. The van der Waals surface area contributed by atoms with Crippen LogP contribution in [-0.2, 0) is 0 Å². The highest BCUT2D eigenvalue weighted by Crippen LogP contribution is 2.29. The lowest BCUT2D eigenvalue weighted by Gasteiger charge is -2.34. The van der Waals surface area contributed by atoms with Gasteiger partial charge in [-0.25, -0.2) is 4.39 Å². The smallest absolute Gasteiger partial charge is 0.264 e. The Kier molecular flexibility index (Phi) is 5.17. The lowest BCUT2D eigenvalue weighted by atomic mass is 10.2. The molecule has 1 amide bonds. The van der Waals surface area contributed by atoms with E-state index < -0.39 is 0 Å². The Balaban J connectivity index is 1.26. The number of nitrogens with zero attached hydrogens (tertiary/aromatic N) is 6. The summed E-state index contributed by atoms with van der Waals surface area (Å²) in [6, 6.07) is 19.8. The van der Waals surface area contributed by atoms with Crippen molar-refractivity contribution in [2.24, 2.45) is 0 Å². The largest absolute Gasteiger partial charge is 0.336 e. The number of carbonyl (C=O) groups is 1. The predicted octanol–water partition coefficient (Wildman–Crippen LogP) is 3.49. The van der Waals surface area contributed by atoms with Crippen molar-refractivity contribution in [1.82, 2.24) is 25.1 Å². The summed E-state index contributed by atoms with van der Waals surface area (Å²) in [5.74, 6) is 0.418. The molecule has 0 spiro atoms. The van der Waals surface area contributed by atoms with E-state index in [1.807, 2.05) is 47.4 Å². The third-order valence-corrected chi connectivity index (χ3v) is 6.37. The molecule has 4 aromatic rings. The number of benzene rings is 2. The molecule has 0 bridgehead atoms. The summed E-state index contributed by atoms with van der Waals surface area (Å²) in [5, 5.41) is 12.1. The summed E-state index contributed by atoms with van der Waals surface area (Å²) in [7, 11) is 0. The first-order valence-corrected chi connectivity index (χ1v) is 10.7. The van der Waals surface area contributed by atoms with Gasteiger partial charge in [-0.1, -0.05) is 35.4 Å². The van der Waals surface area contributed by atoms with Crippen molar-refractivity contribution < 1.29 is 9.18 Å². The van der Waals surface area contributed by atoms with E-state index in [1.165, 1.54) is 23.5 Å². The molecular formula is C22H19FN6OS. The highest BCUT2D eigenvalue weighted by atomic mass is 32.1. The number of amides is 1. The molecule has 0 saturated carbocycles. The van der Waals surface area contributed by atoms with E-state index in [9.17, 15) is 9.18 Å². The van der Waals surface area contributed by atoms with Gasteiger partial charge in [0.2, 0.25) is 5.95 Å². The number of piperazine rings is 1. The van der Waals surface area contributed by atoms with Crippen LogP contribution < -0.4 is 4.90 Å². The third-order valence-electron chi connectivity index (χ3n) is 5.25. The number of anilines is 1. The van der Waals surface area contributed by atoms with E-state index in [2.05, 4.69) is 20.4 Å². The van der Waals surface area contributed by atoms with Crippen LogP contribution in [0.4, 0.5) is 10.3 Å². The highest BCUT2D eigenvalue weighted by Gasteiger charge is 2.26. The van der Waals surface area contributed by atoms with Gasteiger partial charge in [0.25, 0.3) is 5.91 Å². The lowest BCUT2D eigenvalue weighted by molar-refractivity contribution is 0.0751. The Bertz CT molecular complexity index is 1180. The number of rotatable bonds is 4. The normalized spacial score (nSPS) is 14.1. The monoisotopic (exact) mass is 434 g/mol. The van der Waals surface area contributed by atoms with Crippen LogP contribution in [0.3, 0.4) is 0 Å². The molecule has 156 valence electrons. The second kappa shape index (κ2) is 8.27. The maximum Gasteiger partial charge on any atom is 0.264 e. The first-order valence-electron chi connectivity index (χ1n) is 9.93. The number of halogens is 1. The summed E-state index contributed by atoms with van der Waals surface area (Å²) >= 11 is 1.43. The lowest BCUT2D eigenvalue weighted by Crippen LogP contribution is -2.49. The van der Waals surface area contributed by atoms with Gasteiger partial charge in [0.1, 0.15) is 5.82 Å². The molecule has 31 heavy (non-hydrogen) atoms. The molecule has 0 N–H and O–H groups in total. The van der Waals surface area contributed by atoms with Crippen LogP contribution >= 0.6 is 11.3 Å². The second-order valence-electron chi connectivity index (χ2n) is 7.18. The van der Waals surface area contributed by atoms with Crippen molar-refractivity contribution in [2.75, 3.05) is 31.1 Å². The molecule has 0 aliphatic carbocycles. The number of para-hydroxylation sites is 1. The summed E-state index contributed by atoms with van der Waals surface area (Å²) in [6.45, 7) is 2.47. The van der Waals surface area contributed by atoms with Gasteiger partial charge in [-0.3, -0.25) is 4.79 Å². The van der Waals surface area contributed by atoms with Gasteiger partial charge in [0.05, 0.1) is 10.6 Å². The number of tetrazole rings is 1. The number of hydrogen-bond donors (Lipinski definition) is 0. The zero-order chi connectivity index (χ0) is 21.2. The predicted molar refractivity (Wildman–Crippen MR) is 117 cm³/mol. The Morgan fingerprint density at radius 2 is 1.65 bits per heavy atom. The Morgan fingerprint density at radius 3 is 2.39 bits per heavy atom. The van der Waals surface area contributed by atoms with Gasteiger partial charge in [-0.05, 0) is 52.4 Å². The molecule has 7 nitrogen and oxygen atoms in total. The molecule has 3 heterocycles. The molecule has 1 saturated heterocycles. The van der Waals surface area contributed by atoms with Gasteiger partial charge in [0, 0.05) is 31.1 Å². The van der Waals surface area contributed by atoms with Crippen LogP contribution in [-0.4, -0.2) is 57.2 Å². The Hall–Kier alpha value is -3.59. The van der Waals surface area contributed by atoms with E-state index in [1.54, 1.807) is 16.8 Å². The van der Waals surface area contributed by atoms with Gasteiger partial charge in [-0.15, -0.1) is 11.3 Å². The fourth-order valence-electron chi connectivity index (χ4n) is 3.60. The first kappa shape index (κ1) is 19.4. The molecule has 0 radical (unpaired) electrons. The average Bonchev–Trinajstić information content (AvgIpc) is 3.50. The van der Waals surface area contributed by atoms with Crippen LogP contribution in [0.15, 0.2) is 66.7 Å². The van der Waals surface area contributed by atoms with Crippen molar-refractivity contribution in [3.63, 3.8) is 0 Å². The van der Waals surface area contributed by atoms with Crippen LogP contribution in [0, 0.1) is 5.82 Å². The van der Waals surface area contributed by atoms with Crippen molar-refractivity contribution >= 4 is 23.2 Å². The van der Waals surface area contributed by atoms with E-state index in [4.69, 9.17) is 0 Å². The topological polar surface area (TPSA) is 67.2 Å². The maximum absolute atomic E-state index is 13.2. The van der Waals surface area contributed by atoms with E-state index in [0.717, 1.165) is 16.1 Å². The van der Waals surface area contributed by atoms with Crippen LogP contribution in [0.5, 0.6) is 0 Å². The van der Waals surface area contributed by atoms with Crippen molar-refractivity contribution in [3.05, 3.63) is 77.4 Å². The average molecular weight is 435 g/mol. The SMILES string of the molecule is O=C(c1ccc(-c2ccc(F)cc2)s1)N1CCN(c2nnnn2-c2ccccc2)CC1. The molecule has 5 rings (SSSR count). The molecule has 2 aromatic carbocycles. The molecule has 1 aliphatic rings. The van der Waals surface area contributed by atoms with Crippen molar-refractivity contribution in [1.29, 1.82) is 0 Å². The van der Waals surface area contributed by atoms with Gasteiger partial charge < -0.3 is 9.80 Å². The first-order chi connectivity index (χ1) is 15.2.